The van der Waals surface area contributed by atoms with E-state index < -0.39 is 6.10 Å². The van der Waals surface area contributed by atoms with Gasteiger partial charge in [-0.3, -0.25) is 14.4 Å². The lowest BCUT2D eigenvalue weighted by Crippen LogP contribution is -2.30. The summed E-state index contributed by atoms with van der Waals surface area (Å²) in [4.78, 5) is 37.8. The average molecular weight is 799 g/mol. The molecule has 0 saturated heterocycles. The number of carbonyl (C=O) groups excluding carboxylic acids is 3. The number of allylic oxidation sites excluding steroid dienone is 8. The first-order valence-corrected chi connectivity index (χ1v) is 24.1. The Balaban J connectivity index is 4.43. The Morgan fingerprint density at radius 1 is 0.368 bits per heavy atom. The number of unbranched alkanes of at least 4 members (excludes halogenated alkanes) is 24. The van der Waals surface area contributed by atoms with Crippen molar-refractivity contribution in [2.75, 3.05) is 13.2 Å². The third-order valence-corrected chi connectivity index (χ3v) is 10.3. The second-order valence-electron chi connectivity index (χ2n) is 16.0. The van der Waals surface area contributed by atoms with Crippen molar-refractivity contribution in [2.45, 2.75) is 245 Å². The van der Waals surface area contributed by atoms with Crippen LogP contribution in [0.2, 0.25) is 0 Å². The molecule has 330 valence electrons. The highest BCUT2D eigenvalue weighted by Gasteiger charge is 2.19. The van der Waals surface area contributed by atoms with Crippen LogP contribution >= 0.6 is 0 Å². The van der Waals surface area contributed by atoms with Crippen LogP contribution in [0.1, 0.15) is 239 Å². The van der Waals surface area contributed by atoms with Gasteiger partial charge in [0.05, 0.1) is 0 Å². The number of esters is 3. The third-order valence-electron chi connectivity index (χ3n) is 10.3. The van der Waals surface area contributed by atoms with Crippen LogP contribution in [-0.4, -0.2) is 37.2 Å². The number of carbonyl (C=O) groups is 3. The zero-order chi connectivity index (χ0) is 41.5. The summed E-state index contributed by atoms with van der Waals surface area (Å²) in [5.41, 5.74) is 0. The van der Waals surface area contributed by atoms with Gasteiger partial charge in [0.1, 0.15) is 13.2 Å². The van der Waals surface area contributed by atoms with E-state index in [1.54, 1.807) is 0 Å². The molecule has 6 nitrogen and oxygen atoms in total. The lowest BCUT2D eigenvalue weighted by Gasteiger charge is -2.18. The van der Waals surface area contributed by atoms with Gasteiger partial charge in [-0.05, 0) is 70.6 Å². The van der Waals surface area contributed by atoms with E-state index in [4.69, 9.17) is 14.2 Å². The quantitative estimate of drug-likeness (QED) is 0.0265. The first kappa shape index (κ1) is 54.4. The molecule has 0 rings (SSSR count). The van der Waals surface area contributed by atoms with E-state index >= 15 is 0 Å². The molecule has 0 aromatic rings. The molecule has 0 spiro atoms. The van der Waals surface area contributed by atoms with Crippen LogP contribution in [0.4, 0.5) is 0 Å². The zero-order valence-corrected chi connectivity index (χ0v) is 37.6. The van der Waals surface area contributed by atoms with Gasteiger partial charge in [0, 0.05) is 19.3 Å². The van der Waals surface area contributed by atoms with Gasteiger partial charge in [-0.2, -0.15) is 0 Å². The number of rotatable bonds is 43. The lowest BCUT2D eigenvalue weighted by atomic mass is 10.0. The average Bonchev–Trinajstić information content (AvgIpc) is 3.21. The Hall–Kier alpha value is -2.63. The molecule has 0 aromatic carbocycles. The van der Waals surface area contributed by atoms with Crippen LogP contribution in [0, 0.1) is 0 Å². The molecule has 57 heavy (non-hydrogen) atoms. The SMILES string of the molecule is CC/C=C\C/C=C\C/C=C\CCCC(=O)OCC(COC(=O)CCCCC/C=C\CCCCCCCCC)OC(=O)CCCCCCCCCCCCCCCC. The van der Waals surface area contributed by atoms with Gasteiger partial charge in [0.15, 0.2) is 6.10 Å². The van der Waals surface area contributed by atoms with Crippen molar-refractivity contribution < 1.29 is 28.6 Å². The van der Waals surface area contributed by atoms with Crippen molar-refractivity contribution in [1.29, 1.82) is 0 Å². The maximum Gasteiger partial charge on any atom is 0.306 e. The Labute approximate surface area is 352 Å². The molecule has 0 N–H and O–H groups in total. The van der Waals surface area contributed by atoms with Crippen LogP contribution in [0.25, 0.3) is 0 Å². The van der Waals surface area contributed by atoms with Crippen LogP contribution in [-0.2, 0) is 28.6 Å². The summed E-state index contributed by atoms with van der Waals surface area (Å²) in [6.45, 7) is 6.46. The van der Waals surface area contributed by atoms with Gasteiger partial charge < -0.3 is 14.2 Å². The van der Waals surface area contributed by atoms with Crippen LogP contribution < -0.4 is 0 Å². The van der Waals surface area contributed by atoms with Gasteiger partial charge in [0.2, 0.25) is 0 Å². The number of hydrogen-bond acceptors (Lipinski definition) is 6. The van der Waals surface area contributed by atoms with Crippen molar-refractivity contribution in [3.8, 4) is 0 Å². The zero-order valence-electron chi connectivity index (χ0n) is 37.6. The van der Waals surface area contributed by atoms with E-state index in [1.807, 2.05) is 0 Å². The summed E-state index contributed by atoms with van der Waals surface area (Å²) in [7, 11) is 0. The second-order valence-corrected chi connectivity index (χ2v) is 16.0. The van der Waals surface area contributed by atoms with Crippen molar-refractivity contribution in [2.24, 2.45) is 0 Å². The summed E-state index contributed by atoms with van der Waals surface area (Å²) in [5, 5.41) is 0. The molecule has 0 fully saturated rings. The first-order valence-electron chi connectivity index (χ1n) is 24.1. The highest BCUT2D eigenvalue weighted by molar-refractivity contribution is 5.71. The van der Waals surface area contributed by atoms with Crippen LogP contribution in [0.3, 0.4) is 0 Å². The molecule has 0 aliphatic heterocycles. The first-order chi connectivity index (χ1) is 28.0. The largest absolute Gasteiger partial charge is 0.462 e. The minimum Gasteiger partial charge on any atom is -0.462 e. The third kappa shape index (κ3) is 44.3. The molecule has 0 amide bonds. The fraction of sp³-hybridized carbons (Fsp3) is 0.784. The molecular weight excluding hydrogens is 709 g/mol. The minimum atomic E-state index is -0.794. The molecule has 1 atom stereocenters. The molecule has 1 unspecified atom stereocenters. The Morgan fingerprint density at radius 3 is 1.18 bits per heavy atom. The van der Waals surface area contributed by atoms with Gasteiger partial charge in [-0.25, -0.2) is 0 Å². The molecule has 0 heterocycles. The van der Waals surface area contributed by atoms with Crippen LogP contribution in [0.5, 0.6) is 0 Å². The van der Waals surface area contributed by atoms with E-state index in [0.717, 1.165) is 77.0 Å². The van der Waals surface area contributed by atoms with Gasteiger partial charge in [0.25, 0.3) is 0 Å². The summed E-state index contributed by atoms with van der Waals surface area (Å²) >= 11 is 0. The molecule has 6 heteroatoms. The monoisotopic (exact) mass is 799 g/mol. The summed E-state index contributed by atoms with van der Waals surface area (Å²) in [6.07, 6.45) is 53.9. The van der Waals surface area contributed by atoms with E-state index in [2.05, 4.69) is 69.4 Å². The van der Waals surface area contributed by atoms with Gasteiger partial charge in [-0.1, -0.05) is 198 Å². The molecule has 0 aliphatic carbocycles. The molecule has 0 bridgehead atoms. The fourth-order valence-corrected chi connectivity index (χ4v) is 6.70. The lowest BCUT2D eigenvalue weighted by molar-refractivity contribution is -0.167. The number of hydrogen-bond donors (Lipinski definition) is 0. The Morgan fingerprint density at radius 2 is 0.702 bits per heavy atom. The van der Waals surface area contributed by atoms with Crippen molar-refractivity contribution in [1.82, 2.24) is 0 Å². The van der Waals surface area contributed by atoms with E-state index in [1.165, 1.54) is 116 Å². The summed E-state index contributed by atoms with van der Waals surface area (Å²) < 4.78 is 16.7. The predicted molar refractivity (Wildman–Crippen MR) is 242 cm³/mol. The smallest absolute Gasteiger partial charge is 0.306 e. The maximum atomic E-state index is 12.7. The molecular formula is C51H90O6. The maximum absolute atomic E-state index is 12.7. The fourth-order valence-electron chi connectivity index (χ4n) is 6.70. The summed E-state index contributed by atoms with van der Waals surface area (Å²) in [5.74, 6) is -0.962. The minimum absolute atomic E-state index is 0.0948. The standard InChI is InChI=1S/C51H90O6/c1-4-7-10-13-16-19-22-24-26-29-32-35-38-41-44-50(53)56-47-48(46-55-49(52)43-40-37-34-31-28-21-18-15-12-9-6-3)57-51(54)45-42-39-36-33-30-27-25-23-20-17-14-11-8-5-2/h9,12,18,21,26,29,31,34,48H,4-8,10-11,13-17,19-20,22-25,27-28,30,32-33,35-47H2,1-3H3/b12-9-,21-18-,29-26-,34-31-. The van der Waals surface area contributed by atoms with E-state index in [9.17, 15) is 14.4 Å². The predicted octanol–water partition coefficient (Wildman–Crippen LogP) is 15.5. The topological polar surface area (TPSA) is 78.9 Å². The Kier molecular flexibility index (Phi) is 43.9. The van der Waals surface area contributed by atoms with Gasteiger partial charge in [-0.15, -0.1) is 0 Å². The van der Waals surface area contributed by atoms with Crippen molar-refractivity contribution >= 4 is 17.9 Å². The highest BCUT2D eigenvalue weighted by atomic mass is 16.6. The molecule has 0 radical (unpaired) electrons. The normalized spacial score (nSPS) is 12.4. The number of ether oxygens (including phenoxy) is 3. The summed E-state index contributed by atoms with van der Waals surface area (Å²) in [6, 6.07) is 0. The van der Waals surface area contributed by atoms with E-state index in [0.29, 0.717) is 19.3 Å². The van der Waals surface area contributed by atoms with Crippen molar-refractivity contribution in [3.63, 3.8) is 0 Å². The van der Waals surface area contributed by atoms with E-state index in [-0.39, 0.29) is 37.5 Å². The van der Waals surface area contributed by atoms with Crippen LogP contribution in [0.15, 0.2) is 48.6 Å². The highest BCUT2D eigenvalue weighted by Crippen LogP contribution is 2.15. The molecule has 0 saturated carbocycles. The second kappa shape index (κ2) is 46.1. The molecule has 0 aliphatic rings. The Bertz CT molecular complexity index is 1010. The van der Waals surface area contributed by atoms with Gasteiger partial charge >= 0.3 is 17.9 Å². The van der Waals surface area contributed by atoms with Crippen molar-refractivity contribution in [3.05, 3.63) is 48.6 Å². The molecule has 0 aromatic heterocycles.